The van der Waals surface area contributed by atoms with E-state index < -0.39 is 0 Å². The number of aromatic nitrogens is 2. The standard InChI is InChI=1S/C21H21N3OS/c1-15(2)16(3)19-14-20(25-17-10-6-4-7-11-17)23-21(22-19)24-26-18-12-8-5-9-13-18/h4-14H,1-3H3,(H,22,23,24). The van der Waals surface area contributed by atoms with Gasteiger partial charge < -0.3 is 4.74 Å². The molecule has 5 heteroatoms. The zero-order valence-electron chi connectivity index (χ0n) is 15.1. The summed E-state index contributed by atoms with van der Waals surface area (Å²) in [6.45, 7) is 6.19. The first-order chi connectivity index (χ1) is 12.6. The minimum atomic E-state index is 0.512. The van der Waals surface area contributed by atoms with E-state index in [0.29, 0.717) is 11.8 Å². The summed E-state index contributed by atoms with van der Waals surface area (Å²) < 4.78 is 9.13. The van der Waals surface area contributed by atoms with Gasteiger partial charge >= 0.3 is 0 Å². The Morgan fingerprint density at radius 2 is 1.54 bits per heavy atom. The Kier molecular flexibility index (Phi) is 5.92. The quantitative estimate of drug-likeness (QED) is 0.528. The van der Waals surface area contributed by atoms with Gasteiger partial charge in [0.25, 0.3) is 0 Å². The van der Waals surface area contributed by atoms with Gasteiger partial charge in [0.15, 0.2) is 0 Å². The molecule has 0 bridgehead atoms. The molecule has 1 aromatic heterocycles. The average molecular weight is 363 g/mol. The fourth-order valence-corrected chi connectivity index (χ4v) is 2.77. The van der Waals surface area contributed by atoms with Gasteiger partial charge in [-0.05, 0) is 62.6 Å². The van der Waals surface area contributed by atoms with Crippen LogP contribution in [-0.4, -0.2) is 9.97 Å². The second kappa shape index (κ2) is 8.54. The van der Waals surface area contributed by atoms with Crippen LogP contribution in [0.25, 0.3) is 5.57 Å². The molecular weight excluding hydrogens is 342 g/mol. The molecule has 0 saturated carbocycles. The van der Waals surface area contributed by atoms with E-state index in [4.69, 9.17) is 4.74 Å². The number of benzene rings is 2. The van der Waals surface area contributed by atoms with E-state index in [-0.39, 0.29) is 0 Å². The average Bonchev–Trinajstić information content (AvgIpc) is 2.67. The van der Waals surface area contributed by atoms with Crippen molar-refractivity contribution in [1.82, 2.24) is 9.97 Å². The summed E-state index contributed by atoms with van der Waals surface area (Å²) >= 11 is 1.47. The van der Waals surface area contributed by atoms with Crippen LogP contribution < -0.4 is 9.46 Å². The van der Waals surface area contributed by atoms with Crippen molar-refractivity contribution in [1.29, 1.82) is 0 Å². The predicted molar refractivity (Wildman–Crippen MR) is 108 cm³/mol. The van der Waals surface area contributed by atoms with Crippen molar-refractivity contribution in [3.63, 3.8) is 0 Å². The number of anilines is 1. The van der Waals surface area contributed by atoms with Gasteiger partial charge in [-0.3, -0.25) is 4.72 Å². The molecule has 1 heterocycles. The Morgan fingerprint density at radius 3 is 2.19 bits per heavy atom. The van der Waals surface area contributed by atoms with Gasteiger partial charge in [0.2, 0.25) is 11.8 Å². The molecule has 0 aliphatic carbocycles. The Hall–Kier alpha value is -2.79. The van der Waals surface area contributed by atoms with Crippen molar-refractivity contribution in [3.05, 3.63) is 78.0 Å². The van der Waals surface area contributed by atoms with Gasteiger partial charge in [-0.1, -0.05) is 42.0 Å². The maximum absolute atomic E-state index is 5.92. The monoisotopic (exact) mass is 363 g/mol. The van der Waals surface area contributed by atoms with E-state index in [0.717, 1.165) is 21.9 Å². The minimum Gasteiger partial charge on any atom is -0.439 e. The number of allylic oxidation sites excluding steroid dienone is 2. The molecule has 0 radical (unpaired) electrons. The first-order valence-corrected chi connectivity index (χ1v) is 9.18. The SMILES string of the molecule is CC(C)=C(C)c1cc(Oc2ccccc2)nc(NSc2ccccc2)n1. The highest BCUT2D eigenvalue weighted by atomic mass is 32.2. The predicted octanol–water partition coefficient (Wildman–Crippen LogP) is 6.20. The molecule has 3 rings (SSSR count). The molecule has 3 aromatic rings. The van der Waals surface area contributed by atoms with Crippen LogP contribution in [0.3, 0.4) is 0 Å². The third-order valence-corrected chi connectivity index (χ3v) is 4.60. The molecule has 0 unspecified atom stereocenters. The molecule has 132 valence electrons. The molecule has 4 nitrogen and oxygen atoms in total. The molecule has 0 aliphatic heterocycles. The van der Waals surface area contributed by atoms with E-state index in [9.17, 15) is 0 Å². The Balaban J connectivity index is 1.88. The lowest BCUT2D eigenvalue weighted by Crippen LogP contribution is -2.00. The fraction of sp³-hybridized carbons (Fsp3) is 0.143. The number of hydrogen-bond acceptors (Lipinski definition) is 5. The summed E-state index contributed by atoms with van der Waals surface area (Å²) in [4.78, 5) is 10.2. The van der Waals surface area contributed by atoms with Gasteiger partial charge in [-0.2, -0.15) is 4.98 Å². The van der Waals surface area contributed by atoms with Crippen LogP contribution in [0.1, 0.15) is 26.5 Å². The normalized spacial score (nSPS) is 10.3. The maximum Gasteiger partial charge on any atom is 0.237 e. The number of para-hydroxylation sites is 1. The number of nitrogens with zero attached hydrogens (tertiary/aromatic N) is 2. The van der Waals surface area contributed by atoms with Crippen molar-refractivity contribution in [3.8, 4) is 11.6 Å². The highest BCUT2D eigenvalue weighted by Crippen LogP contribution is 2.27. The van der Waals surface area contributed by atoms with Crippen LogP contribution in [0.2, 0.25) is 0 Å². The summed E-state index contributed by atoms with van der Waals surface area (Å²) in [5, 5.41) is 0. The van der Waals surface area contributed by atoms with Crippen LogP contribution >= 0.6 is 11.9 Å². The highest BCUT2D eigenvalue weighted by molar-refractivity contribution is 8.00. The van der Waals surface area contributed by atoms with Crippen molar-refractivity contribution in [2.24, 2.45) is 0 Å². The second-order valence-electron chi connectivity index (χ2n) is 5.97. The third-order valence-electron chi connectivity index (χ3n) is 3.81. The summed E-state index contributed by atoms with van der Waals surface area (Å²) in [5.74, 6) is 1.77. The largest absolute Gasteiger partial charge is 0.439 e. The van der Waals surface area contributed by atoms with Crippen molar-refractivity contribution < 1.29 is 4.74 Å². The van der Waals surface area contributed by atoms with Crippen molar-refractivity contribution in [2.45, 2.75) is 25.7 Å². The molecule has 0 saturated heterocycles. The summed E-state index contributed by atoms with van der Waals surface area (Å²) in [5.41, 5.74) is 3.16. The first kappa shape index (κ1) is 18.0. The van der Waals surface area contributed by atoms with Crippen LogP contribution in [0.5, 0.6) is 11.6 Å². The highest BCUT2D eigenvalue weighted by Gasteiger charge is 2.09. The number of nitrogens with one attached hydrogen (secondary N) is 1. The van der Waals surface area contributed by atoms with Crippen molar-refractivity contribution in [2.75, 3.05) is 4.72 Å². The van der Waals surface area contributed by atoms with Gasteiger partial charge in [-0.15, -0.1) is 0 Å². The Labute approximate surface area is 158 Å². The molecule has 0 amide bonds. The Morgan fingerprint density at radius 1 is 0.885 bits per heavy atom. The van der Waals surface area contributed by atoms with E-state index in [1.165, 1.54) is 17.5 Å². The van der Waals surface area contributed by atoms with E-state index in [1.54, 1.807) is 0 Å². The lowest BCUT2D eigenvalue weighted by atomic mass is 10.1. The lowest BCUT2D eigenvalue weighted by molar-refractivity contribution is 0.462. The van der Waals surface area contributed by atoms with E-state index in [2.05, 4.69) is 35.5 Å². The molecular formula is C21H21N3OS. The molecule has 0 aliphatic rings. The van der Waals surface area contributed by atoms with Gasteiger partial charge in [-0.25, -0.2) is 4.98 Å². The first-order valence-electron chi connectivity index (χ1n) is 8.36. The summed E-state index contributed by atoms with van der Waals surface area (Å²) in [7, 11) is 0. The molecule has 26 heavy (non-hydrogen) atoms. The van der Waals surface area contributed by atoms with Crippen LogP contribution in [0, 0.1) is 0 Å². The van der Waals surface area contributed by atoms with Gasteiger partial charge in [0.05, 0.1) is 5.69 Å². The summed E-state index contributed by atoms with van der Waals surface area (Å²) in [6, 6.07) is 21.6. The molecule has 0 atom stereocenters. The third kappa shape index (κ3) is 4.86. The molecule has 2 aromatic carbocycles. The van der Waals surface area contributed by atoms with E-state index >= 15 is 0 Å². The second-order valence-corrected chi connectivity index (χ2v) is 6.85. The molecule has 0 spiro atoms. The van der Waals surface area contributed by atoms with Crippen molar-refractivity contribution >= 4 is 23.5 Å². The van der Waals surface area contributed by atoms with Crippen LogP contribution in [-0.2, 0) is 0 Å². The topological polar surface area (TPSA) is 47.0 Å². The number of rotatable bonds is 6. The molecule has 1 N–H and O–H groups in total. The number of hydrogen-bond donors (Lipinski definition) is 1. The van der Waals surface area contributed by atoms with Crippen LogP contribution in [0.4, 0.5) is 5.95 Å². The zero-order chi connectivity index (χ0) is 18.4. The lowest BCUT2D eigenvalue weighted by Gasteiger charge is -2.11. The maximum atomic E-state index is 5.92. The van der Waals surface area contributed by atoms with E-state index in [1.807, 2.05) is 66.7 Å². The smallest absolute Gasteiger partial charge is 0.237 e. The zero-order valence-corrected chi connectivity index (χ0v) is 15.9. The number of ether oxygens (including phenoxy) is 1. The molecule has 0 fully saturated rings. The van der Waals surface area contributed by atoms with Crippen LogP contribution in [0.15, 0.2) is 77.2 Å². The fourth-order valence-electron chi connectivity index (χ4n) is 2.17. The van der Waals surface area contributed by atoms with Gasteiger partial charge in [0, 0.05) is 11.0 Å². The Bertz CT molecular complexity index is 892. The van der Waals surface area contributed by atoms with Gasteiger partial charge in [0.1, 0.15) is 5.75 Å². The minimum absolute atomic E-state index is 0.512. The summed E-state index contributed by atoms with van der Waals surface area (Å²) in [6.07, 6.45) is 0.